The Balaban J connectivity index is 2.06. The number of carbonyl (C=O) groups excluding carboxylic acids is 1. The van der Waals surface area contributed by atoms with Crippen molar-refractivity contribution >= 4 is 11.9 Å². The third-order valence-electron chi connectivity index (χ3n) is 4.40. The molecule has 0 atom stereocenters. The molecular formula is C18H19F2N3O3. The van der Waals surface area contributed by atoms with E-state index in [4.69, 9.17) is 5.11 Å². The summed E-state index contributed by atoms with van der Waals surface area (Å²) >= 11 is 0. The number of rotatable bonds is 6. The first-order chi connectivity index (χ1) is 12.4. The van der Waals surface area contributed by atoms with Crippen LogP contribution in [0.4, 0.5) is 8.78 Å². The van der Waals surface area contributed by atoms with Crippen molar-refractivity contribution in [2.24, 2.45) is 0 Å². The Kier molecular flexibility index (Phi) is 5.01. The highest BCUT2D eigenvalue weighted by molar-refractivity contribution is 5.96. The number of benzene rings is 1. The number of aromatic nitrogens is 2. The summed E-state index contributed by atoms with van der Waals surface area (Å²) in [4.78, 5) is 25.1. The second-order valence-corrected chi connectivity index (χ2v) is 6.23. The third-order valence-corrected chi connectivity index (χ3v) is 4.40. The minimum absolute atomic E-state index is 0.0533. The molecule has 1 heterocycles. The third kappa shape index (κ3) is 3.18. The zero-order valence-corrected chi connectivity index (χ0v) is 14.3. The fraction of sp³-hybridized carbons (Fsp3) is 0.389. The summed E-state index contributed by atoms with van der Waals surface area (Å²) in [5.41, 5.74) is 1.42. The van der Waals surface area contributed by atoms with Gasteiger partial charge < -0.3 is 10.0 Å². The van der Waals surface area contributed by atoms with Crippen LogP contribution >= 0.6 is 0 Å². The first kappa shape index (κ1) is 18.0. The van der Waals surface area contributed by atoms with Crippen LogP contribution in [-0.4, -0.2) is 44.8 Å². The first-order valence-electron chi connectivity index (χ1n) is 8.50. The second kappa shape index (κ2) is 7.23. The number of hydrogen-bond acceptors (Lipinski definition) is 3. The van der Waals surface area contributed by atoms with Crippen LogP contribution in [0.15, 0.2) is 18.2 Å². The molecule has 0 saturated carbocycles. The van der Waals surface area contributed by atoms with E-state index in [-0.39, 0.29) is 17.9 Å². The molecule has 0 radical (unpaired) electrons. The fourth-order valence-corrected chi connectivity index (χ4v) is 3.30. The summed E-state index contributed by atoms with van der Waals surface area (Å²) in [6, 6.07) is 3.80. The summed E-state index contributed by atoms with van der Waals surface area (Å²) in [6.07, 6.45) is 2.57. The number of amides is 1. The molecule has 1 amide bonds. The average molecular weight is 363 g/mol. The Bertz CT molecular complexity index is 864. The van der Waals surface area contributed by atoms with Crippen molar-refractivity contribution in [3.63, 3.8) is 0 Å². The zero-order valence-electron chi connectivity index (χ0n) is 14.3. The Morgan fingerprint density at radius 2 is 2.08 bits per heavy atom. The molecule has 0 unspecified atom stereocenters. The van der Waals surface area contributed by atoms with Gasteiger partial charge in [0.25, 0.3) is 5.91 Å². The zero-order chi connectivity index (χ0) is 18.8. The largest absolute Gasteiger partial charge is 0.480 e. The Morgan fingerprint density at radius 1 is 1.31 bits per heavy atom. The molecule has 0 saturated heterocycles. The number of aliphatic carboxylic acids is 1. The minimum atomic E-state index is -1.11. The molecule has 26 heavy (non-hydrogen) atoms. The minimum Gasteiger partial charge on any atom is -0.480 e. The highest BCUT2D eigenvalue weighted by Gasteiger charge is 2.31. The number of nitrogens with zero attached hydrogens (tertiary/aromatic N) is 3. The van der Waals surface area contributed by atoms with Crippen LogP contribution in [0.2, 0.25) is 0 Å². The van der Waals surface area contributed by atoms with Gasteiger partial charge in [0.1, 0.15) is 12.2 Å². The van der Waals surface area contributed by atoms with Crippen molar-refractivity contribution in [2.75, 3.05) is 13.1 Å². The van der Waals surface area contributed by atoms with Gasteiger partial charge in [0.15, 0.2) is 17.3 Å². The van der Waals surface area contributed by atoms with E-state index < -0.39 is 30.1 Å². The number of carboxylic acid groups (broad SMARTS) is 1. The van der Waals surface area contributed by atoms with Gasteiger partial charge >= 0.3 is 5.97 Å². The van der Waals surface area contributed by atoms with Gasteiger partial charge in [0.05, 0.1) is 0 Å². The van der Waals surface area contributed by atoms with Gasteiger partial charge in [0.2, 0.25) is 0 Å². The summed E-state index contributed by atoms with van der Waals surface area (Å²) in [7, 11) is 0. The van der Waals surface area contributed by atoms with Gasteiger partial charge in [-0.05, 0) is 37.8 Å². The van der Waals surface area contributed by atoms with Crippen molar-refractivity contribution in [3.8, 4) is 5.69 Å². The molecule has 1 N–H and O–H groups in total. The smallest absolute Gasteiger partial charge is 0.323 e. The lowest BCUT2D eigenvalue weighted by atomic mass is 10.1. The van der Waals surface area contributed by atoms with E-state index in [1.165, 1.54) is 21.7 Å². The fourth-order valence-electron chi connectivity index (χ4n) is 3.30. The summed E-state index contributed by atoms with van der Waals surface area (Å²) in [6.45, 7) is 1.69. The van der Waals surface area contributed by atoms with E-state index in [1.54, 1.807) is 0 Å². The number of carbonyl (C=O) groups is 2. The Morgan fingerprint density at radius 3 is 2.77 bits per heavy atom. The maximum atomic E-state index is 14.2. The number of halogens is 2. The molecule has 1 aromatic carbocycles. The highest BCUT2D eigenvalue weighted by atomic mass is 19.2. The molecule has 0 bridgehead atoms. The summed E-state index contributed by atoms with van der Waals surface area (Å²) in [5.74, 6) is -3.63. The van der Waals surface area contributed by atoms with Gasteiger partial charge in [-0.2, -0.15) is 5.10 Å². The van der Waals surface area contributed by atoms with Crippen LogP contribution in [0, 0.1) is 11.6 Å². The van der Waals surface area contributed by atoms with E-state index in [0.717, 1.165) is 12.5 Å². The number of carboxylic acids is 1. The van der Waals surface area contributed by atoms with Gasteiger partial charge in [-0.15, -0.1) is 0 Å². The van der Waals surface area contributed by atoms with E-state index in [0.29, 0.717) is 30.5 Å². The van der Waals surface area contributed by atoms with Gasteiger partial charge in [-0.1, -0.05) is 13.0 Å². The molecule has 1 aliphatic rings. The van der Waals surface area contributed by atoms with E-state index in [9.17, 15) is 18.4 Å². The van der Waals surface area contributed by atoms with Crippen LogP contribution in [0.3, 0.4) is 0 Å². The first-order valence-corrected chi connectivity index (χ1v) is 8.50. The molecule has 3 rings (SSSR count). The van der Waals surface area contributed by atoms with Crippen molar-refractivity contribution in [3.05, 3.63) is 46.8 Å². The molecule has 6 nitrogen and oxygen atoms in total. The maximum absolute atomic E-state index is 14.2. The average Bonchev–Trinajstić information content (AvgIpc) is 3.19. The van der Waals surface area contributed by atoms with Crippen molar-refractivity contribution < 1.29 is 23.5 Å². The van der Waals surface area contributed by atoms with Crippen LogP contribution in [-0.2, 0) is 17.6 Å². The van der Waals surface area contributed by atoms with Crippen molar-refractivity contribution in [1.82, 2.24) is 14.7 Å². The van der Waals surface area contributed by atoms with Crippen LogP contribution in [0.25, 0.3) is 5.69 Å². The van der Waals surface area contributed by atoms with Gasteiger partial charge in [-0.25, -0.2) is 13.5 Å². The topological polar surface area (TPSA) is 75.4 Å². The molecule has 2 aromatic rings. The van der Waals surface area contributed by atoms with Crippen LogP contribution in [0.1, 0.15) is 41.5 Å². The highest BCUT2D eigenvalue weighted by Crippen LogP contribution is 2.29. The molecule has 1 aromatic heterocycles. The molecule has 0 fully saturated rings. The molecule has 0 aliphatic heterocycles. The molecule has 0 spiro atoms. The lowest BCUT2D eigenvalue weighted by Gasteiger charge is -2.19. The maximum Gasteiger partial charge on any atom is 0.323 e. The predicted octanol–water partition coefficient (Wildman–Crippen LogP) is 2.58. The summed E-state index contributed by atoms with van der Waals surface area (Å²) in [5, 5.41) is 13.3. The summed E-state index contributed by atoms with van der Waals surface area (Å²) < 4.78 is 29.1. The van der Waals surface area contributed by atoms with E-state index in [2.05, 4.69) is 5.10 Å². The van der Waals surface area contributed by atoms with Crippen molar-refractivity contribution in [2.45, 2.75) is 32.6 Å². The van der Waals surface area contributed by atoms with Gasteiger partial charge in [0, 0.05) is 17.8 Å². The Labute approximate surface area is 149 Å². The molecular weight excluding hydrogens is 344 g/mol. The molecule has 8 heteroatoms. The molecule has 1 aliphatic carbocycles. The lowest BCUT2D eigenvalue weighted by Crippen LogP contribution is -2.37. The van der Waals surface area contributed by atoms with Crippen LogP contribution in [0.5, 0.6) is 0 Å². The SMILES string of the molecule is CCCN(CC(=O)O)C(=O)c1nn(-c2cccc(F)c2F)c2c1CCC2. The molecule has 138 valence electrons. The lowest BCUT2D eigenvalue weighted by molar-refractivity contribution is -0.137. The number of hydrogen-bond donors (Lipinski definition) is 1. The second-order valence-electron chi connectivity index (χ2n) is 6.23. The van der Waals surface area contributed by atoms with E-state index in [1.807, 2.05) is 6.92 Å². The van der Waals surface area contributed by atoms with E-state index >= 15 is 0 Å². The monoisotopic (exact) mass is 363 g/mol. The standard InChI is InChI=1S/C18H19F2N3O3/c1-2-9-22(10-15(24)25)18(26)17-11-5-3-7-13(11)23(21-17)14-8-4-6-12(19)16(14)20/h4,6,8H,2-3,5,7,9-10H2,1H3,(H,24,25). The number of fused-ring (bicyclic) bond motifs is 1. The Hall–Kier alpha value is -2.77. The van der Waals surface area contributed by atoms with Crippen molar-refractivity contribution in [1.29, 1.82) is 0 Å². The van der Waals surface area contributed by atoms with Crippen LogP contribution < -0.4 is 0 Å². The quantitative estimate of drug-likeness (QED) is 0.856. The predicted molar refractivity (Wildman–Crippen MR) is 89.3 cm³/mol. The normalized spacial score (nSPS) is 12.9. The van der Waals surface area contributed by atoms with Gasteiger partial charge in [-0.3, -0.25) is 9.59 Å².